The molecule has 0 radical (unpaired) electrons. The van der Waals surface area contributed by atoms with Crippen molar-refractivity contribution in [3.05, 3.63) is 47.5 Å². The number of ether oxygens (including phenoxy) is 4. The van der Waals surface area contributed by atoms with Crippen LogP contribution in [-0.2, 0) is 0 Å². The van der Waals surface area contributed by atoms with Crippen molar-refractivity contribution in [1.82, 2.24) is 0 Å². The summed E-state index contributed by atoms with van der Waals surface area (Å²) in [4.78, 5) is 0. The Morgan fingerprint density at radius 3 is 1.45 bits per heavy atom. The van der Waals surface area contributed by atoms with Crippen LogP contribution >= 0.6 is 11.8 Å². The Balaban J connectivity index is 1.71. The van der Waals surface area contributed by atoms with E-state index in [1.165, 1.54) is 0 Å². The van der Waals surface area contributed by atoms with Crippen LogP contribution in [0.3, 0.4) is 0 Å². The first kappa shape index (κ1) is 25.2. The zero-order valence-electron chi connectivity index (χ0n) is 18.8. The second kappa shape index (κ2) is 13.3. The van der Waals surface area contributed by atoms with Crippen LogP contribution in [0, 0.1) is 0 Å². The van der Waals surface area contributed by atoms with Gasteiger partial charge in [0.1, 0.15) is 0 Å². The Morgan fingerprint density at radius 2 is 1.10 bits per heavy atom. The number of methoxy groups -OCH3 is 4. The molecule has 0 aliphatic heterocycles. The Hall–Kier alpha value is -2.09. The van der Waals surface area contributed by atoms with E-state index < -0.39 is 12.2 Å². The van der Waals surface area contributed by atoms with Crippen molar-refractivity contribution < 1.29 is 29.2 Å². The monoisotopic (exact) mass is 450 g/mol. The third-order valence-corrected chi connectivity index (χ3v) is 6.27. The number of aliphatic hydroxyl groups excluding tert-OH is 2. The molecule has 0 heterocycles. The molecule has 7 heteroatoms. The fraction of sp³-hybridized carbons (Fsp3) is 0.500. The van der Waals surface area contributed by atoms with E-state index in [1.807, 2.05) is 48.2 Å². The molecule has 6 nitrogen and oxygen atoms in total. The van der Waals surface area contributed by atoms with Crippen molar-refractivity contribution in [3.8, 4) is 23.0 Å². The molecule has 2 N–H and O–H groups in total. The molecule has 0 saturated heterocycles. The molecule has 2 atom stereocenters. The summed E-state index contributed by atoms with van der Waals surface area (Å²) < 4.78 is 21.4. The van der Waals surface area contributed by atoms with Crippen LogP contribution < -0.4 is 18.9 Å². The van der Waals surface area contributed by atoms with Crippen LogP contribution in [0.2, 0.25) is 0 Å². The van der Waals surface area contributed by atoms with Gasteiger partial charge >= 0.3 is 0 Å². The lowest BCUT2D eigenvalue weighted by Gasteiger charge is -2.17. The lowest BCUT2D eigenvalue weighted by Crippen LogP contribution is -2.03. The third-order valence-electron chi connectivity index (χ3n) is 5.12. The fourth-order valence-corrected chi connectivity index (χ4v) is 4.47. The van der Waals surface area contributed by atoms with Crippen molar-refractivity contribution in [2.24, 2.45) is 0 Å². The molecule has 2 aromatic rings. The average Bonchev–Trinajstić information content (AvgIpc) is 2.81. The van der Waals surface area contributed by atoms with Gasteiger partial charge in [-0.05, 0) is 49.3 Å². The summed E-state index contributed by atoms with van der Waals surface area (Å²) in [7, 11) is 6.34. The van der Waals surface area contributed by atoms with Crippen molar-refractivity contribution in [2.45, 2.75) is 37.9 Å². The maximum atomic E-state index is 10.5. The highest BCUT2D eigenvalue weighted by Crippen LogP contribution is 2.37. The quantitative estimate of drug-likeness (QED) is 0.401. The van der Waals surface area contributed by atoms with Crippen molar-refractivity contribution in [2.75, 3.05) is 39.9 Å². The van der Waals surface area contributed by atoms with Gasteiger partial charge in [0.25, 0.3) is 0 Å². The maximum Gasteiger partial charge on any atom is 0.166 e. The van der Waals surface area contributed by atoms with Crippen LogP contribution in [0.25, 0.3) is 0 Å². The molecule has 0 saturated carbocycles. The van der Waals surface area contributed by atoms with Crippen LogP contribution in [0.5, 0.6) is 23.0 Å². The van der Waals surface area contributed by atoms with E-state index in [1.54, 1.807) is 28.4 Å². The van der Waals surface area contributed by atoms with Gasteiger partial charge in [0, 0.05) is 11.1 Å². The minimum absolute atomic E-state index is 0.590. The standard InChI is InChI=1S/C24H34O6S/c1-27-21-13-5-9-17(23(21)29-3)19(25)11-7-15-31-16-8-12-20(26)18-10-6-14-22(28-2)24(18)30-4/h5-6,9-10,13-14,19-20,25-26H,7-8,11-12,15-16H2,1-4H3/t19-,20-/m1/s1. The average molecular weight is 451 g/mol. The topological polar surface area (TPSA) is 77.4 Å². The number of hydrogen-bond acceptors (Lipinski definition) is 7. The molecule has 2 rings (SSSR count). The minimum atomic E-state index is -0.590. The fourth-order valence-electron chi connectivity index (χ4n) is 3.52. The second-order valence-electron chi connectivity index (χ2n) is 7.09. The number of thioether (sulfide) groups is 1. The van der Waals surface area contributed by atoms with Crippen LogP contribution in [-0.4, -0.2) is 50.2 Å². The van der Waals surface area contributed by atoms with Gasteiger partial charge in [-0.2, -0.15) is 11.8 Å². The zero-order valence-corrected chi connectivity index (χ0v) is 19.6. The lowest BCUT2D eigenvalue weighted by atomic mass is 10.0. The van der Waals surface area contributed by atoms with Crippen LogP contribution in [0.15, 0.2) is 36.4 Å². The molecule has 2 aromatic carbocycles. The molecule has 172 valence electrons. The van der Waals surface area contributed by atoms with E-state index in [4.69, 9.17) is 18.9 Å². The number of rotatable bonds is 14. The van der Waals surface area contributed by atoms with Gasteiger partial charge < -0.3 is 29.2 Å². The third kappa shape index (κ3) is 6.95. The van der Waals surface area contributed by atoms with E-state index in [2.05, 4.69) is 0 Å². The molecule has 0 bridgehead atoms. The molecule has 0 aliphatic rings. The van der Waals surface area contributed by atoms with Crippen LogP contribution in [0.4, 0.5) is 0 Å². The second-order valence-corrected chi connectivity index (χ2v) is 8.32. The predicted octanol–water partition coefficient (Wildman–Crippen LogP) is 4.78. The summed E-state index contributed by atoms with van der Waals surface area (Å²) in [6.07, 6.45) is 1.90. The molecule has 0 unspecified atom stereocenters. The molecule has 0 aromatic heterocycles. The first-order chi connectivity index (χ1) is 15.1. The van der Waals surface area contributed by atoms with Crippen molar-refractivity contribution >= 4 is 11.8 Å². The molecule has 0 amide bonds. The normalized spacial score (nSPS) is 12.8. The Bertz CT molecular complexity index is 732. The summed E-state index contributed by atoms with van der Waals surface area (Å²) in [5, 5.41) is 21.1. The smallest absolute Gasteiger partial charge is 0.166 e. The molecule has 0 fully saturated rings. The Morgan fingerprint density at radius 1 is 0.677 bits per heavy atom. The first-order valence-electron chi connectivity index (χ1n) is 10.4. The van der Waals surface area contributed by atoms with Gasteiger partial charge in [-0.15, -0.1) is 0 Å². The van der Waals surface area contributed by atoms with Crippen molar-refractivity contribution in [1.29, 1.82) is 0 Å². The zero-order chi connectivity index (χ0) is 22.6. The molecular formula is C24H34O6S. The van der Waals surface area contributed by atoms with E-state index in [-0.39, 0.29) is 0 Å². The number of benzene rings is 2. The van der Waals surface area contributed by atoms with Gasteiger partial charge in [-0.25, -0.2) is 0 Å². The molecular weight excluding hydrogens is 416 g/mol. The Labute approximate surface area is 189 Å². The summed E-state index contributed by atoms with van der Waals surface area (Å²) in [6.45, 7) is 0. The lowest BCUT2D eigenvalue weighted by molar-refractivity contribution is 0.161. The SMILES string of the molecule is COc1cccc([C@H](O)CCCSCCC[C@@H](O)c2cccc(OC)c2OC)c1OC. The molecule has 31 heavy (non-hydrogen) atoms. The van der Waals surface area contributed by atoms with Gasteiger partial charge in [0.05, 0.1) is 40.6 Å². The van der Waals surface area contributed by atoms with Gasteiger partial charge in [0.15, 0.2) is 23.0 Å². The van der Waals surface area contributed by atoms with E-state index in [9.17, 15) is 10.2 Å². The van der Waals surface area contributed by atoms with Gasteiger partial charge in [-0.1, -0.05) is 24.3 Å². The number of aliphatic hydroxyl groups is 2. The van der Waals surface area contributed by atoms with Crippen LogP contribution in [0.1, 0.15) is 49.0 Å². The number of para-hydroxylation sites is 2. The highest BCUT2D eigenvalue weighted by atomic mass is 32.2. The summed E-state index contributed by atoms with van der Waals surface area (Å²) in [5.74, 6) is 4.32. The summed E-state index contributed by atoms with van der Waals surface area (Å²) in [5.41, 5.74) is 1.50. The van der Waals surface area contributed by atoms with E-state index in [0.717, 1.165) is 35.5 Å². The minimum Gasteiger partial charge on any atom is -0.493 e. The van der Waals surface area contributed by atoms with Crippen molar-refractivity contribution in [3.63, 3.8) is 0 Å². The highest BCUT2D eigenvalue weighted by Gasteiger charge is 2.18. The largest absolute Gasteiger partial charge is 0.493 e. The highest BCUT2D eigenvalue weighted by molar-refractivity contribution is 7.99. The first-order valence-corrected chi connectivity index (χ1v) is 11.6. The van der Waals surface area contributed by atoms with Gasteiger partial charge in [0.2, 0.25) is 0 Å². The maximum absolute atomic E-state index is 10.5. The predicted molar refractivity (Wildman–Crippen MR) is 125 cm³/mol. The van der Waals surface area contributed by atoms with E-state index >= 15 is 0 Å². The van der Waals surface area contributed by atoms with Gasteiger partial charge in [-0.3, -0.25) is 0 Å². The van der Waals surface area contributed by atoms with E-state index in [0.29, 0.717) is 35.8 Å². The summed E-state index contributed by atoms with van der Waals surface area (Å²) >= 11 is 1.83. The molecule has 0 aliphatic carbocycles. The molecule has 0 spiro atoms. The Kier molecular flexibility index (Phi) is 10.8. The summed E-state index contributed by atoms with van der Waals surface area (Å²) in [6, 6.07) is 11.1. The number of hydrogen-bond donors (Lipinski definition) is 2.